The summed E-state index contributed by atoms with van der Waals surface area (Å²) in [5.74, 6) is 0.530. The second kappa shape index (κ2) is 7.17. The van der Waals surface area contributed by atoms with E-state index in [1.165, 1.54) is 0 Å². The fourth-order valence-corrected chi connectivity index (χ4v) is 2.63. The van der Waals surface area contributed by atoms with E-state index in [2.05, 4.69) is 15.4 Å². The Morgan fingerprint density at radius 3 is 2.68 bits per heavy atom. The standard InChI is InChI=1S/C19H20N4O2/c1-13-4-5-18(25-3)15(10-13)17-11-16(22-23(17)2)19(24)21-12-14-6-8-20-9-7-14/h4-11H,12H2,1-3H3,(H,21,24). The van der Waals surface area contributed by atoms with E-state index in [4.69, 9.17) is 4.74 Å². The summed E-state index contributed by atoms with van der Waals surface area (Å²) in [6.45, 7) is 2.45. The number of hydrogen-bond acceptors (Lipinski definition) is 4. The van der Waals surface area contributed by atoms with E-state index in [0.717, 1.165) is 28.1 Å². The van der Waals surface area contributed by atoms with Crippen molar-refractivity contribution in [2.45, 2.75) is 13.5 Å². The number of aromatic nitrogens is 3. The second-order valence-electron chi connectivity index (χ2n) is 5.78. The number of ether oxygens (including phenoxy) is 1. The molecule has 0 aliphatic carbocycles. The normalized spacial score (nSPS) is 10.5. The quantitative estimate of drug-likeness (QED) is 0.778. The summed E-state index contributed by atoms with van der Waals surface area (Å²) in [6, 6.07) is 11.4. The molecule has 2 aromatic heterocycles. The Hall–Kier alpha value is -3.15. The van der Waals surface area contributed by atoms with Gasteiger partial charge < -0.3 is 10.1 Å². The molecule has 6 nitrogen and oxygen atoms in total. The van der Waals surface area contributed by atoms with Gasteiger partial charge in [0.15, 0.2) is 5.69 Å². The van der Waals surface area contributed by atoms with Crippen LogP contribution in [0.2, 0.25) is 0 Å². The van der Waals surface area contributed by atoms with Gasteiger partial charge >= 0.3 is 0 Å². The van der Waals surface area contributed by atoms with Crippen molar-refractivity contribution in [3.05, 3.63) is 65.6 Å². The highest BCUT2D eigenvalue weighted by Crippen LogP contribution is 2.31. The van der Waals surface area contributed by atoms with Crippen LogP contribution in [0.4, 0.5) is 0 Å². The fraction of sp³-hybridized carbons (Fsp3) is 0.211. The van der Waals surface area contributed by atoms with Gasteiger partial charge in [0.1, 0.15) is 5.75 Å². The third-order valence-corrected chi connectivity index (χ3v) is 3.95. The first kappa shape index (κ1) is 16.7. The molecule has 1 amide bonds. The van der Waals surface area contributed by atoms with Crippen LogP contribution in [0.1, 0.15) is 21.6 Å². The summed E-state index contributed by atoms with van der Waals surface area (Å²) in [4.78, 5) is 16.4. The average Bonchev–Trinajstić information content (AvgIpc) is 3.02. The Labute approximate surface area is 146 Å². The van der Waals surface area contributed by atoms with Gasteiger partial charge in [0.2, 0.25) is 0 Å². The lowest BCUT2D eigenvalue weighted by Gasteiger charge is -2.09. The number of aryl methyl sites for hydroxylation is 2. The van der Waals surface area contributed by atoms with Crippen LogP contribution in [0.15, 0.2) is 48.8 Å². The Morgan fingerprint density at radius 2 is 1.96 bits per heavy atom. The van der Waals surface area contributed by atoms with Crippen molar-refractivity contribution in [3.8, 4) is 17.0 Å². The molecule has 6 heteroatoms. The molecule has 3 rings (SSSR count). The molecule has 0 bridgehead atoms. The predicted molar refractivity (Wildman–Crippen MR) is 95.3 cm³/mol. The van der Waals surface area contributed by atoms with E-state index in [9.17, 15) is 4.79 Å². The van der Waals surface area contributed by atoms with Crippen molar-refractivity contribution in [3.63, 3.8) is 0 Å². The Kier molecular flexibility index (Phi) is 4.79. The number of benzene rings is 1. The number of hydrogen-bond donors (Lipinski definition) is 1. The number of carbonyl (C=O) groups excluding carboxylic acids is 1. The van der Waals surface area contributed by atoms with Gasteiger partial charge in [0.25, 0.3) is 5.91 Å². The van der Waals surface area contributed by atoms with E-state index >= 15 is 0 Å². The van der Waals surface area contributed by atoms with Gasteiger partial charge in [-0.25, -0.2) is 0 Å². The summed E-state index contributed by atoms with van der Waals surface area (Å²) >= 11 is 0. The van der Waals surface area contributed by atoms with Gasteiger partial charge in [-0.3, -0.25) is 14.5 Å². The minimum Gasteiger partial charge on any atom is -0.496 e. The van der Waals surface area contributed by atoms with Crippen LogP contribution in [-0.2, 0) is 13.6 Å². The van der Waals surface area contributed by atoms with Crippen molar-refractivity contribution >= 4 is 5.91 Å². The molecule has 0 radical (unpaired) electrons. The van der Waals surface area contributed by atoms with Gasteiger partial charge in [-0.2, -0.15) is 5.10 Å². The number of rotatable bonds is 5. The Balaban J connectivity index is 1.83. The van der Waals surface area contributed by atoms with E-state index in [-0.39, 0.29) is 5.91 Å². The minimum absolute atomic E-state index is 0.217. The first-order valence-electron chi connectivity index (χ1n) is 7.94. The van der Waals surface area contributed by atoms with E-state index in [1.807, 2.05) is 44.3 Å². The lowest BCUT2D eigenvalue weighted by atomic mass is 10.1. The van der Waals surface area contributed by atoms with Crippen molar-refractivity contribution in [1.82, 2.24) is 20.1 Å². The molecule has 0 aliphatic rings. The van der Waals surface area contributed by atoms with Crippen LogP contribution in [0.3, 0.4) is 0 Å². The first-order chi connectivity index (χ1) is 12.1. The van der Waals surface area contributed by atoms with Gasteiger partial charge in [-0.1, -0.05) is 11.6 Å². The van der Waals surface area contributed by atoms with Crippen molar-refractivity contribution in [1.29, 1.82) is 0 Å². The fourth-order valence-electron chi connectivity index (χ4n) is 2.63. The van der Waals surface area contributed by atoms with Crippen LogP contribution in [0.5, 0.6) is 5.75 Å². The molecule has 128 valence electrons. The van der Waals surface area contributed by atoms with Crippen molar-refractivity contribution in [2.75, 3.05) is 7.11 Å². The van der Waals surface area contributed by atoms with Gasteiger partial charge in [-0.15, -0.1) is 0 Å². The van der Waals surface area contributed by atoms with Crippen LogP contribution >= 0.6 is 0 Å². The molecule has 0 spiro atoms. The molecule has 0 fully saturated rings. The van der Waals surface area contributed by atoms with Crippen LogP contribution in [0, 0.1) is 6.92 Å². The highest BCUT2D eigenvalue weighted by Gasteiger charge is 2.16. The van der Waals surface area contributed by atoms with Gasteiger partial charge in [-0.05, 0) is 42.8 Å². The smallest absolute Gasteiger partial charge is 0.272 e. The Morgan fingerprint density at radius 1 is 1.20 bits per heavy atom. The lowest BCUT2D eigenvalue weighted by Crippen LogP contribution is -2.23. The van der Waals surface area contributed by atoms with E-state index < -0.39 is 0 Å². The zero-order chi connectivity index (χ0) is 17.8. The monoisotopic (exact) mass is 336 g/mol. The molecule has 0 unspecified atom stereocenters. The molecule has 2 heterocycles. The summed E-state index contributed by atoms with van der Waals surface area (Å²) in [6.07, 6.45) is 3.40. The van der Waals surface area contributed by atoms with Gasteiger partial charge in [0.05, 0.1) is 12.8 Å². The number of nitrogens with zero attached hydrogens (tertiary/aromatic N) is 3. The SMILES string of the molecule is COc1ccc(C)cc1-c1cc(C(=O)NCc2ccncc2)nn1C. The van der Waals surface area contributed by atoms with Crippen molar-refractivity contribution < 1.29 is 9.53 Å². The maximum atomic E-state index is 12.4. The highest BCUT2D eigenvalue weighted by atomic mass is 16.5. The maximum Gasteiger partial charge on any atom is 0.272 e. The maximum absolute atomic E-state index is 12.4. The molecular formula is C19H20N4O2. The van der Waals surface area contributed by atoms with Crippen molar-refractivity contribution in [2.24, 2.45) is 7.05 Å². The molecule has 25 heavy (non-hydrogen) atoms. The average molecular weight is 336 g/mol. The highest BCUT2D eigenvalue weighted by molar-refractivity contribution is 5.93. The predicted octanol–water partition coefficient (Wildman–Crippen LogP) is 2.73. The number of pyridine rings is 1. The largest absolute Gasteiger partial charge is 0.496 e. The van der Waals surface area contributed by atoms with E-state index in [0.29, 0.717) is 12.2 Å². The topological polar surface area (TPSA) is 69.0 Å². The van der Waals surface area contributed by atoms with Crippen LogP contribution in [0.25, 0.3) is 11.3 Å². The third kappa shape index (κ3) is 3.68. The molecule has 3 aromatic rings. The molecule has 0 saturated carbocycles. The third-order valence-electron chi connectivity index (χ3n) is 3.95. The minimum atomic E-state index is -0.217. The summed E-state index contributed by atoms with van der Waals surface area (Å²) in [7, 11) is 3.45. The van der Waals surface area contributed by atoms with Crippen LogP contribution in [-0.4, -0.2) is 27.8 Å². The first-order valence-corrected chi connectivity index (χ1v) is 7.94. The zero-order valence-electron chi connectivity index (χ0n) is 14.5. The molecular weight excluding hydrogens is 316 g/mol. The van der Waals surface area contributed by atoms with Gasteiger partial charge in [0, 0.05) is 31.5 Å². The van der Waals surface area contributed by atoms with Crippen LogP contribution < -0.4 is 10.1 Å². The molecule has 1 N–H and O–H groups in total. The lowest BCUT2D eigenvalue weighted by molar-refractivity contribution is 0.0945. The molecule has 0 atom stereocenters. The number of amides is 1. The molecule has 0 aliphatic heterocycles. The second-order valence-corrected chi connectivity index (χ2v) is 5.78. The molecule has 1 aromatic carbocycles. The summed E-state index contributed by atoms with van der Waals surface area (Å²) in [5, 5.41) is 7.21. The van der Waals surface area contributed by atoms with E-state index in [1.54, 1.807) is 30.3 Å². The number of methoxy groups -OCH3 is 1. The summed E-state index contributed by atoms with van der Waals surface area (Å²) < 4.78 is 7.13. The zero-order valence-corrected chi connectivity index (χ0v) is 14.5. The summed E-state index contributed by atoms with van der Waals surface area (Å²) in [5.41, 5.74) is 4.20. The number of nitrogens with one attached hydrogen (secondary N) is 1. The molecule has 0 saturated heterocycles. The number of carbonyl (C=O) groups is 1. The Bertz CT molecular complexity index is 888.